The number of sulfonamides is 1. The SMILES string of the molecule is O=S(=O)(Nc1ccc2nc(N3CCOCC3)sc2c1)c1ccc2c(c1)OCCO2. The maximum atomic E-state index is 12.8. The van der Waals surface area contributed by atoms with E-state index in [4.69, 9.17) is 14.2 Å². The number of rotatable bonds is 4. The molecule has 2 aliphatic rings. The molecule has 8 nitrogen and oxygen atoms in total. The summed E-state index contributed by atoms with van der Waals surface area (Å²) < 4.78 is 45.6. The first-order valence-electron chi connectivity index (χ1n) is 9.24. The lowest BCUT2D eigenvalue weighted by Crippen LogP contribution is -2.36. The highest BCUT2D eigenvalue weighted by molar-refractivity contribution is 7.92. The van der Waals surface area contributed by atoms with Crippen LogP contribution in [0.1, 0.15) is 0 Å². The largest absolute Gasteiger partial charge is 0.486 e. The van der Waals surface area contributed by atoms with E-state index in [0.29, 0.717) is 43.6 Å². The van der Waals surface area contributed by atoms with Gasteiger partial charge in [-0.25, -0.2) is 13.4 Å². The lowest BCUT2D eigenvalue weighted by molar-refractivity contribution is 0.122. The smallest absolute Gasteiger partial charge is 0.262 e. The predicted molar refractivity (Wildman–Crippen MR) is 111 cm³/mol. The zero-order valence-electron chi connectivity index (χ0n) is 15.5. The maximum absolute atomic E-state index is 12.8. The van der Waals surface area contributed by atoms with Crippen LogP contribution in [-0.2, 0) is 14.8 Å². The van der Waals surface area contributed by atoms with Gasteiger partial charge < -0.3 is 19.1 Å². The van der Waals surface area contributed by atoms with Crippen molar-refractivity contribution in [3.05, 3.63) is 36.4 Å². The molecule has 3 aromatic rings. The molecule has 1 fully saturated rings. The van der Waals surface area contributed by atoms with Crippen LogP contribution < -0.4 is 19.1 Å². The molecule has 5 rings (SSSR count). The molecule has 1 saturated heterocycles. The second-order valence-corrected chi connectivity index (χ2v) is 9.38. The lowest BCUT2D eigenvalue weighted by atomic mass is 10.3. The predicted octanol–water partition coefficient (Wildman–Crippen LogP) is 2.70. The molecule has 0 amide bonds. The van der Waals surface area contributed by atoms with Gasteiger partial charge in [0.1, 0.15) is 13.2 Å². The topological polar surface area (TPSA) is 90.0 Å². The number of nitrogens with zero attached hydrogens (tertiary/aromatic N) is 2. The Balaban J connectivity index is 1.40. The number of ether oxygens (including phenoxy) is 3. The first kappa shape index (κ1) is 18.5. The minimum atomic E-state index is -3.76. The van der Waals surface area contributed by atoms with E-state index in [9.17, 15) is 8.42 Å². The van der Waals surface area contributed by atoms with E-state index < -0.39 is 10.0 Å². The molecule has 1 N–H and O–H groups in total. The quantitative estimate of drug-likeness (QED) is 0.677. The van der Waals surface area contributed by atoms with E-state index in [2.05, 4.69) is 14.6 Å². The third kappa shape index (κ3) is 3.70. The number of benzene rings is 2. The Morgan fingerprint density at radius 1 is 0.966 bits per heavy atom. The van der Waals surface area contributed by atoms with Gasteiger partial charge in [0.15, 0.2) is 16.6 Å². The molecule has 29 heavy (non-hydrogen) atoms. The van der Waals surface area contributed by atoms with Gasteiger partial charge in [0.25, 0.3) is 10.0 Å². The molecule has 0 radical (unpaired) electrons. The summed E-state index contributed by atoms with van der Waals surface area (Å²) in [5, 5.41) is 0.926. The summed E-state index contributed by atoms with van der Waals surface area (Å²) in [5.74, 6) is 0.990. The molecule has 0 saturated carbocycles. The fraction of sp³-hybridized carbons (Fsp3) is 0.316. The van der Waals surface area contributed by atoms with Crippen molar-refractivity contribution in [2.24, 2.45) is 0 Å². The minimum absolute atomic E-state index is 0.125. The van der Waals surface area contributed by atoms with Crippen LogP contribution in [0, 0.1) is 0 Å². The van der Waals surface area contributed by atoms with Gasteiger partial charge in [0.05, 0.1) is 34.0 Å². The molecule has 0 bridgehead atoms. The molecule has 0 atom stereocenters. The van der Waals surface area contributed by atoms with Gasteiger partial charge in [0, 0.05) is 19.2 Å². The molecule has 0 spiro atoms. The Labute approximate surface area is 172 Å². The van der Waals surface area contributed by atoms with Crippen LogP contribution in [0.4, 0.5) is 10.8 Å². The number of fused-ring (bicyclic) bond motifs is 2. The van der Waals surface area contributed by atoms with E-state index in [0.717, 1.165) is 28.4 Å². The van der Waals surface area contributed by atoms with Crippen molar-refractivity contribution >= 4 is 42.4 Å². The highest BCUT2D eigenvalue weighted by atomic mass is 32.2. The minimum Gasteiger partial charge on any atom is -0.486 e. The highest BCUT2D eigenvalue weighted by Crippen LogP contribution is 2.34. The van der Waals surface area contributed by atoms with E-state index in [1.807, 2.05) is 12.1 Å². The third-order valence-corrected chi connectivity index (χ3v) is 7.19. The summed E-state index contributed by atoms with van der Waals surface area (Å²) in [6.45, 7) is 3.86. The first-order chi connectivity index (χ1) is 14.1. The van der Waals surface area contributed by atoms with E-state index in [1.54, 1.807) is 23.5 Å². The first-order valence-corrected chi connectivity index (χ1v) is 11.5. The van der Waals surface area contributed by atoms with Crippen molar-refractivity contribution in [2.45, 2.75) is 4.90 Å². The highest BCUT2D eigenvalue weighted by Gasteiger charge is 2.20. The van der Waals surface area contributed by atoms with Crippen molar-refractivity contribution in [2.75, 3.05) is 49.1 Å². The Bertz CT molecular complexity index is 1160. The van der Waals surface area contributed by atoms with Crippen LogP contribution >= 0.6 is 11.3 Å². The fourth-order valence-corrected chi connectivity index (χ4v) is 5.39. The second kappa shape index (κ2) is 7.36. The number of hydrogen-bond acceptors (Lipinski definition) is 8. The average Bonchev–Trinajstić information content (AvgIpc) is 3.17. The van der Waals surface area contributed by atoms with Crippen LogP contribution in [0.3, 0.4) is 0 Å². The lowest BCUT2D eigenvalue weighted by Gasteiger charge is -2.25. The van der Waals surface area contributed by atoms with Gasteiger partial charge in [-0.2, -0.15) is 0 Å². The maximum Gasteiger partial charge on any atom is 0.262 e. The third-order valence-electron chi connectivity index (χ3n) is 4.73. The Kier molecular flexibility index (Phi) is 4.69. The Morgan fingerprint density at radius 2 is 1.76 bits per heavy atom. The Morgan fingerprint density at radius 3 is 2.59 bits per heavy atom. The summed E-state index contributed by atoms with van der Waals surface area (Å²) in [5.41, 5.74) is 1.34. The van der Waals surface area contributed by atoms with Crippen LogP contribution in [0.25, 0.3) is 10.2 Å². The summed E-state index contributed by atoms with van der Waals surface area (Å²) in [7, 11) is -3.76. The number of anilines is 2. The molecule has 1 aromatic heterocycles. The van der Waals surface area contributed by atoms with E-state index in [1.165, 1.54) is 12.1 Å². The van der Waals surface area contributed by atoms with Gasteiger partial charge in [-0.15, -0.1) is 0 Å². The fourth-order valence-electron chi connectivity index (χ4n) is 3.27. The molecular weight excluding hydrogens is 414 g/mol. The molecule has 2 aromatic carbocycles. The molecule has 10 heteroatoms. The van der Waals surface area contributed by atoms with Gasteiger partial charge in [-0.1, -0.05) is 11.3 Å². The van der Waals surface area contributed by atoms with Crippen molar-refractivity contribution in [1.29, 1.82) is 0 Å². The Hall–Kier alpha value is -2.56. The second-order valence-electron chi connectivity index (χ2n) is 6.69. The van der Waals surface area contributed by atoms with Gasteiger partial charge in [-0.05, 0) is 30.3 Å². The molecular formula is C19H19N3O5S2. The van der Waals surface area contributed by atoms with Crippen molar-refractivity contribution in [3.8, 4) is 11.5 Å². The summed E-state index contributed by atoms with van der Waals surface area (Å²) in [6, 6.07) is 9.98. The number of thiazole rings is 1. The van der Waals surface area contributed by atoms with E-state index in [-0.39, 0.29) is 4.90 Å². The van der Waals surface area contributed by atoms with E-state index >= 15 is 0 Å². The number of nitrogens with one attached hydrogen (secondary N) is 1. The molecule has 0 unspecified atom stereocenters. The van der Waals surface area contributed by atoms with Crippen LogP contribution in [0.15, 0.2) is 41.3 Å². The summed E-state index contributed by atoms with van der Waals surface area (Å²) in [4.78, 5) is 6.97. The average molecular weight is 434 g/mol. The number of aromatic nitrogens is 1. The standard InChI is InChI=1S/C19H19N3O5S2/c23-29(24,14-2-4-16-17(12-14)27-10-9-26-16)21-13-1-3-15-18(11-13)28-19(20-15)22-5-7-25-8-6-22/h1-4,11-12,21H,5-10H2. The number of morpholine rings is 1. The van der Waals surface area contributed by atoms with Gasteiger partial charge >= 0.3 is 0 Å². The summed E-state index contributed by atoms with van der Waals surface area (Å²) in [6.07, 6.45) is 0. The van der Waals surface area contributed by atoms with Crippen molar-refractivity contribution in [3.63, 3.8) is 0 Å². The number of hydrogen-bond donors (Lipinski definition) is 1. The zero-order chi connectivity index (χ0) is 19.8. The monoisotopic (exact) mass is 433 g/mol. The van der Waals surface area contributed by atoms with Crippen molar-refractivity contribution in [1.82, 2.24) is 4.98 Å². The zero-order valence-corrected chi connectivity index (χ0v) is 17.1. The van der Waals surface area contributed by atoms with Crippen LogP contribution in [-0.4, -0.2) is 52.9 Å². The normalized spacial score (nSPS) is 16.8. The van der Waals surface area contributed by atoms with Crippen LogP contribution in [0.2, 0.25) is 0 Å². The molecule has 152 valence electrons. The molecule has 0 aliphatic carbocycles. The molecule has 2 aliphatic heterocycles. The molecule has 3 heterocycles. The van der Waals surface area contributed by atoms with Crippen LogP contribution in [0.5, 0.6) is 11.5 Å². The van der Waals surface area contributed by atoms with Gasteiger partial charge in [-0.3, -0.25) is 4.72 Å². The van der Waals surface area contributed by atoms with Crippen molar-refractivity contribution < 1.29 is 22.6 Å². The van der Waals surface area contributed by atoms with Gasteiger partial charge in [0.2, 0.25) is 0 Å². The summed E-state index contributed by atoms with van der Waals surface area (Å²) >= 11 is 1.55.